The van der Waals surface area contributed by atoms with E-state index in [0.717, 1.165) is 26.4 Å². The predicted molar refractivity (Wildman–Crippen MR) is 104 cm³/mol. The van der Waals surface area contributed by atoms with Gasteiger partial charge < -0.3 is 9.47 Å². The second-order valence-corrected chi connectivity index (χ2v) is 6.69. The zero-order valence-corrected chi connectivity index (χ0v) is 15.3. The van der Waals surface area contributed by atoms with Gasteiger partial charge in [-0.05, 0) is 44.4 Å². The highest BCUT2D eigenvalue weighted by atomic mass is 79.9. The number of fused-ring (bicyclic) bond motifs is 2. The molecule has 0 bridgehead atoms. The van der Waals surface area contributed by atoms with E-state index in [1.807, 2.05) is 54.6 Å². The van der Waals surface area contributed by atoms with Crippen molar-refractivity contribution in [3.8, 4) is 11.5 Å². The third-order valence-electron chi connectivity index (χ3n) is 4.12. The number of amides is 1. The van der Waals surface area contributed by atoms with Crippen LogP contribution in [0.3, 0.4) is 0 Å². The number of ether oxygens (including phenoxy) is 2. The smallest absolute Gasteiger partial charge is 0.244 e. The van der Waals surface area contributed by atoms with Crippen molar-refractivity contribution in [3.05, 3.63) is 70.2 Å². The summed E-state index contributed by atoms with van der Waals surface area (Å²) in [7, 11) is 0. The van der Waals surface area contributed by atoms with Crippen LogP contribution in [0.5, 0.6) is 11.5 Å². The summed E-state index contributed by atoms with van der Waals surface area (Å²) in [5.74, 6) is 1.18. The summed E-state index contributed by atoms with van der Waals surface area (Å²) < 4.78 is 11.5. The molecule has 0 saturated heterocycles. The topological polar surface area (TPSA) is 59.9 Å². The molecule has 1 aliphatic heterocycles. The van der Waals surface area contributed by atoms with Gasteiger partial charge in [-0.1, -0.05) is 42.5 Å². The number of rotatable bonds is 4. The van der Waals surface area contributed by atoms with Crippen LogP contribution in [0.25, 0.3) is 10.8 Å². The Hall–Kier alpha value is -2.86. The van der Waals surface area contributed by atoms with Crippen molar-refractivity contribution in [3.63, 3.8) is 0 Å². The minimum atomic E-state index is -0.172. The quantitative estimate of drug-likeness (QED) is 0.521. The fourth-order valence-electron chi connectivity index (χ4n) is 2.86. The molecule has 1 amide bonds. The Morgan fingerprint density at radius 3 is 2.77 bits per heavy atom. The third kappa shape index (κ3) is 3.41. The number of nitrogens with zero attached hydrogens (tertiary/aromatic N) is 1. The molecule has 0 atom stereocenters. The van der Waals surface area contributed by atoms with Gasteiger partial charge in [0.25, 0.3) is 0 Å². The van der Waals surface area contributed by atoms with Gasteiger partial charge in [0.1, 0.15) is 0 Å². The molecule has 0 spiro atoms. The molecule has 4 rings (SSSR count). The van der Waals surface area contributed by atoms with Crippen molar-refractivity contribution in [2.24, 2.45) is 5.10 Å². The molecule has 0 fully saturated rings. The van der Waals surface area contributed by atoms with Crippen molar-refractivity contribution >= 4 is 38.8 Å². The van der Waals surface area contributed by atoms with Crippen molar-refractivity contribution in [2.45, 2.75) is 6.42 Å². The summed E-state index contributed by atoms with van der Waals surface area (Å²) in [5.41, 5.74) is 4.34. The molecule has 6 heteroatoms. The van der Waals surface area contributed by atoms with Crippen molar-refractivity contribution < 1.29 is 14.3 Å². The van der Waals surface area contributed by atoms with Gasteiger partial charge in [0, 0.05) is 10.0 Å². The van der Waals surface area contributed by atoms with Crippen molar-refractivity contribution in [1.82, 2.24) is 5.43 Å². The highest BCUT2D eigenvalue weighted by molar-refractivity contribution is 9.10. The van der Waals surface area contributed by atoms with E-state index in [2.05, 4.69) is 26.5 Å². The Morgan fingerprint density at radius 1 is 1.12 bits per heavy atom. The Balaban J connectivity index is 1.45. The number of hydrogen-bond acceptors (Lipinski definition) is 4. The zero-order chi connectivity index (χ0) is 17.9. The van der Waals surface area contributed by atoms with E-state index in [4.69, 9.17) is 9.47 Å². The summed E-state index contributed by atoms with van der Waals surface area (Å²) >= 11 is 3.46. The van der Waals surface area contributed by atoms with Gasteiger partial charge in [0.05, 0.1) is 12.6 Å². The molecule has 5 nitrogen and oxygen atoms in total. The molecule has 1 N–H and O–H groups in total. The van der Waals surface area contributed by atoms with E-state index >= 15 is 0 Å². The second-order valence-electron chi connectivity index (χ2n) is 5.84. The first-order chi connectivity index (χ1) is 12.7. The van der Waals surface area contributed by atoms with Gasteiger partial charge >= 0.3 is 0 Å². The van der Waals surface area contributed by atoms with Crippen LogP contribution in [0.4, 0.5) is 0 Å². The molecule has 3 aromatic rings. The fraction of sp³-hybridized carbons (Fsp3) is 0.100. The molecular weight excluding hydrogens is 396 g/mol. The summed E-state index contributed by atoms with van der Waals surface area (Å²) in [5, 5.41) is 6.25. The monoisotopic (exact) mass is 410 g/mol. The zero-order valence-electron chi connectivity index (χ0n) is 13.7. The van der Waals surface area contributed by atoms with E-state index < -0.39 is 0 Å². The van der Waals surface area contributed by atoms with Gasteiger partial charge in [0.15, 0.2) is 11.5 Å². The molecule has 130 valence electrons. The van der Waals surface area contributed by atoms with E-state index in [1.165, 1.54) is 0 Å². The average Bonchev–Trinajstić information content (AvgIpc) is 3.09. The summed E-state index contributed by atoms with van der Waals surface area (Å²) in [6.07, 6.45) is 1.84. The van der Waals surface area contributed by atoms with Gasteiger partial charge in [-0.25, -0.2) is 5.43 Å². The van der Waals surface area contributed by atoms with E-state index in [9.17, 15) is 4.79 Å². The lowest BCUT2D eigenvalue weighted by molar-refractivity contribution is -0.120. The van der Waals surface area contributed by atoms with Crippen LogP contribution in [0.15, 0.2) is 64.2 Å². The van der Waals surface area contributed by atoms with E-state index in [0.29, 0.717) is 11.5 Å². The third-order valence-corrected chi connectivity index (χ3v) is 4.80. The first kappa shape index (κ1) is 16.6. The molecule has 1 heterocycles. The predicted octanol–water partition coefficient (Wildman–Crippen LogP) is 4.02. The maximum atomic E-state index is 12.2. The molecular formula is C20H15BrN2O3. The van der Waals surface area contributed by atoms with Gasteiger partial charge in [-0.3, -0.25) is 4.79 Å². The largest absolute Gasteiger partial charge is 0.454 e. The number of carbonyl (C=O) groups excluding carboxylic acids is 1. The number of hydrogen-bond donors (Lipinski definition) is 1. The van der Waals surface area contributed by atoms with Crippen LogP contribution in [0.1, 0.15) is 11.1 Å². The van der Waals surface area contributed by atoms with E-state index in [1.54, 1.807) is 6.21 Å². The first-order valence-electron chi connectivity index (χ1n) is 8.08. The lowest BCUT2D eigenvalue weighted by atomic mass is 10.0. The molecule has 0 radical (unpaired) electrons. The van der Waals surface area contributed by atoms with Crippen molar-refractivity contribution in [2.75, 3.05) is 6.79 Å². The van der Waals surface area contributed by atoms with Crippen LogP contribution in [-0.2, 0) is 11.2 Å². The first-order valence-corrected chi connectivity index (χ1v) is 8.88. The molecule has 1 aliphatic rings. The fourth-order valence-corrected chi connectivity index (χ4v) is 3.29. The van der Waals surface area contributed by atoms with Crippen LogP contribution in [-0.4, -0.2) is 18.9 Å². The highest BCUT2D eigenvalue weighted by Gasteiger charge is 2.15. The Morgan fingerprint density at radius 2 is 1.88 bits per heavy atom. The number of benzene rings is 3. The van der Waals surface area contributed by atoms with Gasteiger partial charge in [-0.15, -0.1) is 0 Å². The molecule has 3 aromatic carbocycles. The number of nitrogens with one attached hydrogen (secondary N) is 1. The molecule has 0 saturated carbocycles. The molecule has 0 unspecified atom stereocenters. The van der Waals surface area contributed by atoms with Gasteiger partial charge in [-0.2, -0.15) is 5.10 Å². The number of hydrazone groups is 1. The lowest BCUT2D eigenvalue weighted by Gasteiger charge is -2.06. The summed E-state index contributed by atoms with van der Waals surface area (Å²) in [6.45, 7) is 0.212. The molecule has 0 aliphatic carbocycles. The minimum absolute atomic E-state index is 0.172. The van der Waals surface area contributed by atoms with Crippen LogP contribution < -0.4 is 14.9 Å². The lowest BCUT2D eigenvalue weighted by Crippen LogP contribution is -2.19. The Kier molecular flexibility index (Phi) is 4.58. The van der Waals surface area contributed by atoms with Gasteiger partial charge in [0.2, 0.25) is 12.7 Å². The molecule has 26 heavy (non-hydrogen) atoms. The second kappa shape index (κ2) is 7.17. The van der Waals surface area contributed by atoms with Crippen molar-refractivity contribution in [1.29, 1.82) is 0 Å². The highest BCUT2D eigenvalue weighted by Crippen LogP contribution is 2.36. The minimum Gasteiger partial charge on any atom is -0.454 e. The maximum Gasteiger partial charge on any atom is 0.244 e. The summed E-state index contributed by atoms with van der Waals surface area (Å²) in [6, 6.07) is 17.6. The normalized spacial score (nSPS) is 12.7. The van der Waals surface area contributed by atoms with Crippen LogP contribution in [0.2, 0.25) is 0 Å². The van der Waals surface area contributed by atoms with Crippen LogP contribution in [0, 0.1) is 0 Å². The van der Waals surface area contributed by atoms with E-state index in [-0.39, 0.29) is 19.1 Å². The summed E-state index contributed by atoms with van der Waals surface area (Å²) in [4.78, 5) is 12.2. The SMILES string of the molecule is O=C(Cc1cccc2ccccc12)N/N=C/c1cc2c(cc1Br)OCO2. The standard InChI is InChI=1S/C20H15BrN2O3/c21-17-10-19-18(25-12-26-19)8-15(17)11-22-23-20(24)9-14-6-3-5-13-4-1-2-7-16(13)14/h1-8,10-11H,9,12H2,(H,23,24)/b22-11+. The molecule has 0 aromatic heterocycles. The number of halogens is 1. The Labute approximate surface area is 158 Å². The average molecular weight is 411 g/mol. The van der Waals surface area contributed by atoms with Crippen LogP contribution >= 0.6 is 15.9 Å². The Bertz CT molecular complexity index is 1010. The maximum absolute atomic E-state index is 12.2. The number of carbonyl (C=O) groups is 1.